The largest absolute Gasteiger partial charge is 0.321 e. The Kier molecular flexibility index (Phi) is 4.61. The molecule has 1 heterocycles. The van der Waals surface area contributed by atoms with Crippen molar-refractivity contribution in [2.75, 3.05) is 10.6 Å². The van der Waals surface area contributed by atoms with E-state index < -0.39 is 11.8 Å². The third-order valence-electron chi connectivity index (χ3n) is 3.03. The van der Waals surface area contributed by atoms with E-state index in [2.05, 4.69) is 10.6 Å². The van der Waals surface area contributed by atoms with Gasteiger partial charge in [-0.3, -0.25) is 9.59 Å². The number of anilines is 2. The van der Waals surface area contributed by atoms with Crippen LogP contribution in [0.5, 0.6) is 0 Å². The van der Waals surface area contributed by atoms with Gasteiger partial charge < -0.3 is 10.6 Å². The number of nitrogens with one attached hydrogen (secondary N) is 2. The Bertz CT molecular complexity index is 836. The van der Waals surface area contributed by atoms with E-state index in [0.717, 1.165) is 16.7 Å². The topological polar surface area (TPSA) is 58.2 Å². The Morgan fingerprint density at radius 1 is 1.13 bits per heavy atom. The molecule has 0 spiro atoms. The van der Waals surface area contributed by atoms with Gasteiger partial charge >= 0.3 is 0 Å². The second-order valence-electron chi connectivity index (χ2n) is 4.66. The monoisotopic (exact) mass is 364 g/mol. The molecule has 1 aliphatic heterocycles. The molecule has 2 aromatic rings. The van der Waals surface area contributed by atoms with Crippen molar-refractivity contribution in [1.29, 1.82) is 0 Å². The average molecular weight is 365 g/mol. The van der Waals surface area contributed by atoms with E-state index >= 15 is 0 Å². The van der Waals surface area contributed by atoms with Crippen LogP contribution in [-0.4, -0.2) is 11.8 Å². The van der Waals surface area contributed by atoms with E-state index in [4.69, 9.17) is 23.2 Å². The molecule has 2 N–H and O–H groups in total. The minimum Gasteiger partial charge on any atom is -0.321 e. The van der Waals surface area contributed by atoms with Crippen LogP contribution in [0.25, 0.3) is 0 Å². The first-order valence-electron chi connectivity index (χ1n) is 6.59. The zero-order chi connectivity index (χ0) is 16.4. The van der Waals surface area contributed by atoms with Gasteiger partial charge in [-0.1, -0.05) is 53.2 Å². The third kappa shape index (κ3) is 3.52. The van der Waals surface area contributed by atoms with Gasteiger partial charge in [0.25, 0.3) is 11.8 Å². The summed E-state index contributed by atoms with van der Waals surface area (Å²) in [5.74, 6) is -0.967. The number of benzene rings is 2. The maximum absolute atomic E-state index is 12.2. The molecule has 0 atom stereocenters. The Balaban J connectivity index is 1.86. The number of fused-ring (bicyclic) bond motifs is 1. The molecule has 0 bridgehead atoms. The van der Waals surface area contributed by atoms with Crippen molar-refractivity contribution >= 4 is 58.2 Å². The molecule has 1 aliphatic rings. The Hall–Kier alpha value is -1.95. The highest BCUT2D eigenvalue weighted by atomic mass is 35.5. The molecular formula is C16H10Cl2N2O2S. The highest BCUT2D eigenvalue weighted by molar-refractivity contribution is 8.04. The van der Waals surface area contributed by atoms with Gasteiger partial charge in [0.2, 0.25) is 0 Å². The van der Waals surface area contributed by atoms with E-state index in [9.17, 15) is 9.59 Å². The summed E-state index contributed by atoms with van der Waals surface area (Å²) in [5.41, 5.74) is 1.20. The molecule has 0 aliphatic carbocycles. The summed E-state index contributed by atoms with van der Waals surface area (Å²) in [4.78, 5) is 25.4. The minimum absolute atomic E-state index is 0.157. The average Bonchev–Trinajstić information content (AvgIpc) is 2.53. The molecule has 0 unspecified atom stereocenters. The van der Waals surface area contributed by atoms with Gasteiger partial charge in [-0.15, -0.1) is 0 Å². The quantitative estimate of drug-likeness (QED) is 0.772. The molecule has 4 nitrogen and oxygen atoms in total. The summed E-state index contributed by atoms with van der Waals surface area (Å²) in [6.45, 7) is 0. The smallest absolute Gasteiger partial charge is 0.268 e. The number of hydrogen-bond acceptors (Lipinski definition) is 3. The second kappa shape index (κ2) is 6.66. The van der Waals surface area contributed by atoms with Crippen LogP contribution in [0.4, 0.5) is 11.4 Å². The van der Waals surface area contributed by atoms with E-state index in [1.54, 1.807) is 30.3 Å². The molecule has 0 radical (unpaired) electrons. The highest BCUT2D eigenvalue weighted by Crippen LogP contribution is 2.40. The number of carbonyl (C=O) groups is 2. The molecule has 116 valence electrons. The summed E-state index contributed by atoms with van der Waals surface area (Å²) in [7, 11) is 0. The molecule has 7 heteroatoms. The lowest BCUT2D eigenvalue weighted by atomic mass is 10.3. The standard InChI is InChI=1S/C16H10Cl2N2O2S/c17-9-4-3-5-10(8-9)19-15(21)13(18)14-16(22)20-11-6-1-2-7-12(11)23-14/h1-8H,(H,19,21)(H,20,22). The van der Waals surface area contributed by atoms with Gasteiger partial charge in [-0.2, -0.15) is 0 Å². The summed E-state index contributed by atoms with van der Waals surface area (Å²) in [6.07, 6.45) is 0. The Labute approximate surface area is 146 Å². The lowest BCUT2D eigenvalue weighted by Gasteiger charge is -2.19. The Morgan fingerprint density at radius 3 is 2.70 bits per heavy atom. The first-order chi connectivity index (χ1) is 11.0. The van der Waals surface area contributed by atoms with Crippen LogP contribution < -0.4 is 10.6 Å². The molecule has 0 saturated carbocycles. The first-order valence-corrected chi connectivity index (χ1v) is 8.17. The lowest BCUT2D eigenvalue weighted by Crippen LogP contribution is -2.21. The predicted molar refractivity (Wildman–Crippen MR) is 93.9 cm³/mol. The van der Waals surface area contributed by atoms with Crippen molar-refractivity contribution in [3.05, 3.63) is 63.5 Å². The predicted octanol–water partition coefficient (Wildman–Crippen LogP) is 4.47. The fourth-order valence-electron chi connectivity index (χ4n) is 1.99. The molecule has 2 aromatic carbocycles. The number of halogens is 2. The molecule has 23 heavy (non-hydrogen) atoms. The Morgan fingerprint density at radius 2 is 1.91 bits per heavy atom. The van der Waals surface area contributed by atoms with Crippen molar-refractivity contribution in [3.8, 4) is 0 Å². The number of thioether (sulfide) groups is 1. The van der Waals surface area contributed by atoms with Gasteiger partial charge in [0.1, 0.15) is 9.94 Å². The molecule has 3 rings (SSSR count). The van der Waals surface area contributed by atoms with Crippen LogP contribution in [0.3, 0.4) is 0 Å². The maximum atomic E-state index is 12.2. The third-order valence-corrected chi connectivity index (χ3v) is 4.91. The minimum atomic E-state index is -0.564. The summed E-state index contributed by atoms with van der Waals surface area (Å²) < 4.78 is 0. The van der Waals surface area contributed by atoms with Crippen molar-refractivity contribution in [3.63, 3.8) is 0 Å². The van der Waals surface area contributed by atoms with E-state index in [1.807, 2.05) is 18.2 Å². The van der Waals surface area contributed by atoms with Crippen LogP contribution in [-0.2, 0) is 9.59 Å². The van der Waals surface area contributed by atoms with Gasteiger partial charge in [-0.05, 0) is 30.3 Å². The van der Waals surface area contributed by atoms with Crippen LogP contribution in [0.15, 0.2) is 63.4 Å². The fourth-order valence-corrected chi connectivity index (χ4v) is 3.35. The van der Waals surface area contributed by atoms with E-state index in [-0.39, 0.29) is 9.94 Å². The summed E-state index contributed by atoms with van der Waals surface area (Å²) in [6, 6.07) is 14.0. The van der Waals surface area contributed by atoms with Crippen molar-refractivity contribution in [2.24, 2.45) is 0 Å². The summed E-state index contributed by atoms with van der Waals surface area (Å²) >= 11 is 13.1. The molecule has 0 fully saturated rings. The number of amides is 2. The van der Waals surface area contributed by atoms with Crippen LogP contribution in [0.1, 0.15) is 0 Å². The van der Waals surface area contributed by atoms with Crippen LogP contribution >= 0.6 is 35.0 Å². The van der Waals surface area contributed by atoms with Gasteiger partial charge in [0.05, 0.1) is 5.69 Å². The maximum Gasteiger partial charge on any atom is 0.268 e. The summed E-state index contributed by atoms with van der Waals surface area (Å²) in [5, 5.41) is 5.66. The molecule has 2 amide bonds. The highest BCUT2D eigenvalue weighted by Gasteiger charge is 2.26. The van der Waals surface area contributed by atoms with Crippen molar-refractivity contribution < 1.29 is 9.59 Å². The zero-order valence-corrected chi connectivity index (χ0v) is 13.9. The fraction of sp³-hybridized carbons (Fsp3) is 0. The molecule has 0 aromatic heterocycles. The van der Waals surface area contributed by atoms with E-state index in [1.165, 1.54) is 0 Å². The van der Waals surface area contributed by atoms with Gasteiger partial charge in [0.15, 0.2) is 0 Å². The van der Waals surface area contributed by atoms with Gasteiger partial charge in [0, 0.05) is 15.6 Å². The van der Waals surface area contributed by atoms with Crippen molar-refractivity contribution in [1.82, 2.24) is 0 Å². The van der Waals surface area contributed by atoms with Gasteiger partial charge in [-0.25, -0.2) is 0 Å². The number of carbonyl (C=O) groups excluding carboxylic acids is 2. The lowest BCUT2D eigenvalue weighted by molar-refractivity contribution is -0.114. The van der Waals surface area contributed by atoms with E-state index in [0.29, 0.717) is 16.4 Å². The molecular weight excluding hydrogens is 355 g/mol. The molecule has 0 saturated heterocycles. The normalized spacial score (nSPS) is 15.5. The number of rotatable bonds is 2. The zero-order valence-electron chi connectivity index (χ0n) is 11.6. The SMILES string of the molecule is O=C(Nc1cccc(Cl)c1)C(Cl)=C1Sc2ccccc2NC1=O. The number of para-hydroxylation sites is 1. The second-order valence-corrected chi connectivity index (χ2v) is 6.53. The number of hydrogen-bond donors (Lipinski definition) is 2. The van der Waals surface area contributed by atoms with Crippen LogP contribution in [0, 0.1) is 0 Å². The first kappa shape index (κ1) is 15.9. The van der Waals surface area contributed by atoms with Crippen LogP contribution in [0.2, 0.25) is 5.02 Å². The van der Waals surface area contributed by atoms with Crippen molar-refractivity contribution in [2.45, 2.75) is 4.90 Å².